The molecule has 2 aromatic rings. The van der Waals surface area contributed by atoms with Crippen LogP contribution in [0.4, 0.5) is 24.5 Å². The number of rotatable bonds is 2. The summed E-state index contributed by atoms with van der Waals surface area (Å²) in [6.45, 7) is 0. The second-order valence-corrected chi connectivity index (χ2v) is 3.32. The fraction of sp³-hybridized carbons (Fsp3) is 0.100. The lowest BCUT2D eigenvalue weighted by atomic mass is 10.3. The second kappa shape index (κ2) is 4.00. The van der Waals surface area contributed by atoms with E-state index in [0.717, 1.165) is 0 Å². The van der Waals surface area contributed by atoms with E-state index in [-0.39, 0.29) is 0 Å². The van der Waals surface area contributed by atoms with Crippen LogP contribution in [0.5, 0.6) is 0 Å². The van der Waals surface area contributed by atoms with E-state index < -0.39 is 23.1 Å². The van der Waals surface area contributed by atoms with Crippen LogP contribution in [-0.4, -0.2) is 10.2 Å². The molecule has 0 aliphatic heterocycles. The number of anilines is 2. The Labute approximate surface area is 93.5 Å². The van der Waals surface area contributed by atoms with Gasteiger partial charge in [0.1, 0.15) is 5.69 Å². The molecule has 90 valence electrons. The van der Waals surface area contributed by atoms with Gasteiger partial charge >= 0.3 is 6.18 Å². The maximum Gasteiger partial charge on any atom is 0.434 e. The lowest BCUT2D eigenvalue weighted by Gasteiger charge is -2.08. The maximum absolute atomic E-state index is 12.5. The molecule has 0 aliphatic rings. The lowest BCUT2D eigenvalue weighted by molar-refractivity contribution is -0.140. The monoisotopic (exact) mass is 243 g/mol. The first-order valence-corrected chi connectivity index (χ1v) is 4.68. The van der Waals surface area contributed by atoms with Crippen LogP contribution in [0.3, 0.4) is 0 Å². The highest BCUT2D eigenvalue weighted by atomic mass is 19.4. The molecule has 1 aromatic heterocycles. The summed E-state index contributed by atoms with van der Waals surface area (Å²) in [5.41, 5.74) is -2.10. The minimum atomic E-state index is -4.61. The Kier molecular flexibility index (Phi) is 2.66. The summed E-state index contributed by atoms with van der Waals surface area (Å²) in [6, 6.07) is 8.14. The Morgan fingerprint density at radius 1 is 1.06 bits per heavy atom. The van der Waals surface area contributed by atoms with Crippen molar-refractivity contribution in [2.45, 2.75) is 6.18 Å². The zero-order valence-corrected chi connectivity index (χ0v) is 8.43. The molecule has 0 spiro atoms. The van der Waals surface area contributed by atoms with E-state index in [4.69, 9.17) is 0 Å². The van der Waals surface area contributed by atoms with Crippen LogP contribution < -0.4 is 10.9 Å². The van der Waals surface area contributed by atoms with E-state index in [9.17, 15) is 18.0 Å². The molecule has 2 rings (SSSR count). The number of aromatic nitrogens is 2. The summed E-state index contributed by atoms with van der Waals surface area (Å²) in [7, 11) is 0. The molecule has 4 nitrogen and oxygen atoms in total. The van der Waals surface area contributed by atoms with Crippen LogP contribution in [0.1, 0.15) is 5.69 Å². The molecular weight excluding hydrogens is 235 g/mol. The van der Waals surface area contributed by atoms with Crippen LogP contribution in [0.2, 0.25) is 0 Å². The van der Waals surface area contributed by atoms with Gasteiger partial charge in [0.2, 0.25) is 0 Å². The van der Waals surface area contributed by atoms with Crippen LogP contribution in [0.15, 0.2) is 35.1 Å². The number of hydrogen-bond donors (Lipinski definition) is 3. The molecule has 7 heteroatoms. The molecule has 0 saturated carbocycles. The zero-order valence-electron chi connectivity index (χ0n) is 8.43. The topological polar surface area (TPSA) is 60.7 Å². The van der Waals surface area contributed by atoms with Crippen molar-refractivity contribution in [1.82, 2.24) is 10.2 Å². The maximum atomic E-state index is 12.5. The standard InChI is InChI=1S/C10H8F3N3O/c11-10(12,13)8-7(9(17)16-15-8)14-6-4-2-1-3-5-6/h1-5,14H,(H2,15,16,17). The molecule has 0 saturated heterocycles. The molecule has 0 atom stereocenters. The van der Waals surface area contributed by atoms with Crippen molar-refractivity contribution in [1.29, 1.82) is 0 Å². The van der Waals surface area contributed by atoms with Gasteiger partial charge in [0.25, 0.3) is 5.56 Å². The summed E-state index contributed by atoms with van der Waals surface area (Å²) < 4.78 is 37.6. The third-order valence-corrected chi connectivity index (χ3v) is 2.10. The molecule has 0 bridgehead atoms. The number of nitrogens with one attached hydrogen (secondary N) is 3. The largest absolute Gasteiger partial charge is 0.434 e. The van der Waals surface area contributed by atoms with Crippen LogP contribution in [0.25, 0.3) is 0 Å². The van der Waals surface area contributed by atoms with Gasteiger partial charge in [-0.1, -0.05) is 18.2 Å². The van der Waals surface area contributed by atoms with Crippen LogP contribution >= 0.6 is 0 Å². The first kappa shape index (κ1) is 11.3. The van der Waals surface area contributed by atoms with Crippen molar-refractivity contribution in [3.63, 3.8) is 0 Å². The fourth-order valence-corrected chi connectivity index (χ4v) is 1.36. The fourth-order valence-electron chi connectivity index (χ4n) is 1.36. The zero-order chi connectivity index (χ0) is 12.5. The molecule has 0 unspecified atom stereocenters. The van der Waals surface area contributed by atoms with Crippen molar-refractivity contribution in [3.05, 3.63) is 46.4 Å². The summed E-state index contributed by atoms with van der Waals surface area (Å²) in [4.78, 5) is 11.2. The molecule has 0 amide bonds. The lowest BCUT2D eigenvalue weighted by Crippen LogP contribution is -2.12. The van der Waals surface area contributed by atoms with Gasteiger partial charge in [-0.05, 0) is 12.1 Å². The highest BCUT2D eigenvalue weighted by Crippen LogP contribution is 2.32. The predicted molar refractivity (Wildman–Crippen MR) is 56.1 cm³/mol. The molecule has 17 heavy (non-hydrogen) atoms. The first-order valence-electron chi connectivity index (χ1n) is 4.68. The third kappa shape index (κ3) is 2.32. The number of hydrogen-bond acceptors (Lipinski definition) is 2. The van der Waals surface area contributed by atoms with Gasteiger partial charge in [-0.15, -0.1) is 0 Å². The van der Waals surface area contributed by atoms with Crippen molar-refractivity contribution < 1.29 is 13.2 Å². The molecule has 1 heterocycles. The Bertz CT molecular complexity index is 556. The van der Waals surface area contributed by atoms with Crippen LogP contribution in [0, 0.1) is 0 Å². The quantitative estimate of drug-likeness (QED) is 0.758. The van der Waals surface area contributed by atoms with Gasteiger partial charge in [-0.25, -0.2) is 0 Å². The van der Waals surface area contributed by atoms with E-state index in [1.807, 2.05) is 10.2 Å². The van der Waals surface area contributed by atoms with Gasteiger partial charge in [-0.3, -0.25) is 15.0 Å². The molecular formula is C10H8F3N3O. The van der Waals surface area contributed by atoms with E-state index in [2.05, 4.69) is 5.32 Å². The van der Waals surface area contributed by atoms with Gasteiger partial charge < -0.3 is 5.32 Å². The van der Waals surface area contributed by atoms with Crippen molar-refractivity contribution in [2.75, 3.05) is 5.32 Å². The van der Waals surface area contributed by atoms with E-state index in [1.165, 1.54) is 0 Å². The van der Waals surface area contributed by atoms with Crippen molar-refractivity contribution in [2.24, 2.45) is 0 Å². The smallest absolute Gasteiger partial charge is 0.349 e. The van der Waals surface area contributed by atoms with Gasteiger partial charge in [0.05, 0.1) is 0 Å². The molecule has 1 aromatic carbocycles. The number of halogens is 3. The highest BCUT2D eigenvalue weighted by Gasteiger charge is 2.37. The summed E-state index contributed by atoms with van der Waals surface area (Å²) in [5.74, 6) is 0. The number of benzene rings is 1. The third-order valence-electron chi connectivity index (χ3n) is 2.10. The average molecular weight is 243 g/mol. The van der Waals surface area contributed by atoms with Gasteiger partial charge in [-0.2, -0.15) is 13.2 Å². The Balaban J connectivity index is 2.40. The second-order valence-electron chi connectivity index (χ2n) is 3.32. The van der Waals surface area contributed by atoms with Gasteiger partial charge in [0, 0.05) is 5.69 Å². The minimum absolute atomic E-state index is 0.406. The van der Waals surface area contributed by atoms with E-state index in [0.29, 0.717) is 5.69 Å². The number of para-hydroxylation sites is 1. The van der Waals surface area contributed by atoms with E-state index in [1.54, 1.807) is 30.3 Å². The van der Waals surface area contributed by atoms with Gasteiger partial charge in [0.15, 0.2) is 5.69 Å². The van der Waals surface area contributed by atoms with Crippen molar-refractivity contribution >= 4 is 11.4 Å². The van der Waals surface area contributed by atoms with Crippen molar-refractivity contribution in [3.8, 4) is 0 Å². The first-order chi connectivity index (χ1) is 7.98. The summed E-state index contributed by atoms with van der Waals surface area (Å²) >= 11 is 0. The molecule has 0 aliphatic carbocycles. The molecule has 3 N–H and O–H groups in total. The molecule has 0 radical (unpaired) electrons. The van der Waals surface area contributed by atoms with Crippen LogP contribution in [-0.2, 0) is 6.18 Å². The van der Waals surface area contributed by atoms with E-state index >= 15 is 0 Å². The Morgan fingerprint density at radius 2 is 1.71 bits per heavy atom. The number of H-pyrrole nitrogens is 2. The number of alkyl halides is 3. The SMILES string of the molecule is O=c1[nH][nH]c(C(F)(F)F)c1Nc1ccccc1. The minimum Gasteiger partial charge on any atom is -0.349 e. The normalized spacial score (nSPS) is 11.5. The predicted octanol–water partition coefficient (Wildman–Crippen LogP) is 2.47. The Hall–Kier alpha value is -2.18. The average Bonchev–Trinajstić information content (AvgIpc) is 2.62. The Morgan fingerprint density at radius 3 is 2.29 bits per heavy atom. The summed E-state index contributed by atoms with van der Waals surface area (Å²) in [5, 5.41) is 6.14. The number of aromatic amines is 2. The molecule has 0 fully saturated rings. The summed E-state index contributed by atoms with van der Waals surface area (Å²) in [6.07, 6.45) is -4.61. The highest BCUT2D eigenvalue weighted by molar-refractivity contribution is 5.61.